The molecule has 0 radical (unpaired) electrons. The van der Waals surface area contributed by atoms with Crippen LogP contribution in [0.15, 0.2) is 34.5 Å². The van der Waals surface area contributed by atoms with Crippen molar-refractivity contribution in [3.05, 3.63) is 50.2 Å². The van der Waals surface area contributed by atoms with Crippen LogP contribution in [0.5, 0.6) is 0 Å². The lowest BCUT2D eigenvalue weighted by atomic mass is 10.3. The molecule has 1 aromatic carbocycles. The van der Waals surface area contributed by atoms with Crippen LogP contribution >= 0.6 is 11.3 Å². The number of hydrogen-bond acceptors (Lipinski definition) is 6. The standard InChI is InChI=1S/C12H13N3O4S2/c1-8-5-6-20-10(8)7-14-21(18,19)11-4-2-3-9(13)12(11)15(16)17/h2-6,14H,7,13H2,1H3. The number of para-hydroxylation sites is 1. The Kier molecular flexibility index (Phi) is 4.26. The van der Waals surface area contributed by atoms with Gasteiger partial charge < -0.3 is 5.73 Å². The minimum absolute atomic E-state index is 0.0811. The number of benzene rings is 1. The molecule has 0 unspecified atom stereocenters. The highest BCUT2D eigenvalue weighted by atomic mass is 32.2. The molecule has 1 heterocycles. The second-order valence-corrected chi connectivity index (χ2v) is 7.04. The number of nitrogens with two attached hydrogens (primary N) is 1. The van der Waals surface area contributed by atoms with Gasteiger partial charge in [0, 0.05) is 11.4 Å². The number of aryl methyl sites for hydroxylation is 1. The summed E-state index contributed by atoms with van der Waals surface area (Å²) in [4.78, 5) is 10.6. The van der Waals surface area contributed by atoms with Crippen molar-refractivity contribution in [3.8, 4) is 0 Å². The molecule has 0 aliphatic rings. The van der Waals surface area contributed by atoms with Crippen LogP contribution in [-0.4, -0.2) is 13.3 Å². The zero-order chi connectivity index (χ0) is 15.6. The Morgan fingerprint density at radius 1 is 1.38 bits per heavy atom. The first kappa shape index (κ1) is 15.4. The molecule has 0 saturated heterocycles. The number of nitrogen functional groups attached to an aromatic ring is 1. The highest BCUT2D eigenvalue weighted by Crippen LogP contribution is 2.29. The molecule has 7 nitrogen and oxygen atoms in total. The lowest BCUT2D eigenvalue weighted by Crippen LogP contribution is -2.24. The molecular weight excluding hydrogens is 314 g/mol. The van der Waals surface area contributed by atoms with Crippen LogP contribution in [0.2, 0.25) is 0 Å². The van der Waals surface area contributed by atoms with Crippen LogP contribution in [0.1, 0.15) is 10.4 Å². The van der Waals surface area contributed by atoms with Crippen LogP contribution in [0.3, 0.4) is 0 Å². The normalized spacial score (nSPS) is 11.5. The van der Waals surface area contributed by atoms with Gasteiger partial charge in [-0.25, -0.2) is 13.1 Å². The van der Waals surface area contributed by atoms with Crippen molar-refractivity contribution in [1.82, 2.24) is 4.72 Å². The van der Waals surface area contributed by atoms with Gasteiger partial charge >= 0.3 is 5.69 Å². The van der Waals surface area contributed by atoms with Gasteiger partial charge in [0.05, 0.1) is 4.92 Å². The molecule has 0 aliphatic carbocycles. The van der Waals surface area contributed by atoms with Crippen LogP contribution < -0.4 is 10.5 Å². The molecule has 2 rings (SSSR count). The molecule has 3 N–H and O–H groups in total. The average Bonchev–Trinajstić information content (AvgIpc) is 2.81. The monoisotopic (exact) mass is 327 g/mol. The summed E-state index contributed by atoms with van der Waals surface area (Å²) < 4.78 is 26.9. The minimum atomic E-state index is -4.02. The van der Waals surface area contributed by atoms with E-state index in [1.807, 2.05) is 18.4 Å². The van der Waals surface area contributed by atoms with E-state index in [4.69, 9.17) is 5.73 Å². The van der Waals surface area contributed by atoms with Gasteiger partial charge in [-0.2, -0.15) is 0 Å². The summed E-state index contributed by atoms with van der Waals surface area (Å²) in [6, 6.07) is 5.70. The Bertz CT molecular complexity index is 784. The molecule has 0 atom stereocenters. The van der Waals surface area contributed by atoms with E-state index in [1.54, 1.807) is 0 Å². The third-order valence-electron chi connectivity index (χ3n) is 2.89. The van der Waals surface area contributed by atoms with Crippen LogP contribution in [0.25, 0.3) is 0 Å². The van der Waals surface area contributed by atoms with Gasteiger partial charge in [0.15, 0.2) is 4.90 Å². The molecule has 0 amide bonds. The highest BCUT2D eigenvalue weighted by molar-refractivity contribution is 7.89. The molecule has 2 aromatic rings. The third-order valence-corrected chi connectivity index (χ3v) is 5.35. The number of thiophene rings is 1. The molecular formula is C12H13N3O4S2. The Hall–Kier alpha value is -1.97. The number of nitro benzene ring substituents is 1. The number of nitrogens with one attached hydrogen (secondary N) is 1. The molecule has 112 valence electrons. The van der Waals surface area contributed by atoms with Gasteiger partial charge in [0.25, 0.3) is 0 Å². The summed E-state index contributed by atoms with van der Waals surface area (Å²) in [7, 11) is -4.02. The van der Waals surface area contributed by atoms with Gasteiger partial charge in [-0.3, -0.25) is 10.1 Å². The largest absolute Gasteiger partial charge is 0.393 e. The maximum atomic E-state index is 12.2. The number of nitrogens with zero attached hydrogens (tertiary/aromatic N) is 1. The van der Waals surface area contributed by atoms with Crippen molar-refractivity contribution in [2.24, 2.45) is 0 Å². The van der Waals surface area contributed by atoms with E-state index in [2.05, 4.69) is 4.72 Å². The maximum absolute atomic E-state index is 12.2. The fourth-order valence-corrected chi connectivity index (χ4v) is 3.91. The second-order valence-electron chi connectivity index (χ2n) is 4.30. The fraction of sp³-hybridized carbons (Fsp3) is 0.167. The first-order chi connectivity index (χ1) is 9.83. The van der Waals surface area contributed by atoms with Crippen LogP contribution in [0.4, 0.5) is 11.4 Å². The molecule has 1 aromatic heterocycles. The summed E-state index contributed by atoms with van der Waals surface area (Å²) in [5, 5.41) is 12.9. The molecule has 9 heteroatoms. The minimum Gasteiger partial charge on any atom is -0.393 e. The predicted molar refractivity (Wildman–Crippen MR) is 80.6 cm³/mol. The van der Waals surface area contributed by atoms with Crippen molar-refractivity contribution < 1.29 is 13.3 Å². The number of hydrogen-bond donors (Lipinski definition) is 2. The highest BCUT2D eigenvalue weighted by Gasteiger charge is 2.27. The summed E-state index contributed by atoms with van der Waals surface area (Å²) in [5.74, 6) is 0. The van der Waals surface area contributed by atoms with E-state index < -0.39 is 25.5 Å². The number of sulfonamides is 1. The zero-order valence-electron chi connectivity index (χ0n) is 11.1. The number of nitro groups is 1. The summed E-state index contributed by atoms with van der Waals surface area (Å²) in [5.41, 5.74) is 5.68. The molecule has 21 heavy (non-hydrogen) atoms. The molecule has 0 bridgehead atoms. The maximum Gasteiger partial charge on any atom is 0.312 e. The Morgan fingerprint density at radius 3 is 2.67 bits per heavy atom. The predicted octanol–water partition coefficient (Wildman–Crippen LogP) is 2.03. The lowest BCUT2D eigenvalue weighted by molar-refractivity contribution is -0.386. The number of anilines is 1. The van der Waals surface area contributed by atoms with E-state index in [9.17, 15) is 18.5 Å². The Morgan fingerprint density at radius 2 is 2.10 bits per heavy atom. The molecule has 0 aliphatic heterocycles. The van der Waals surface area contributed by atoms with E-state index in [-0.39, 0.29) is 12.2 Å². The van der Waals surface area contributed by atoms with E-state index in [1.165, 1.54) is 23.5 Å². The van der Waals surface area contributed by atoms with E-state index in [0.29, 0.717) is 0 Å². The van der Waals surface area contributed by atoms with Crippen LogP contribution in [0, 0.1) is 17.0 Å². The average molecular weight is 327 g/mol. The summed E-state index contributed by atoms with van der Waals surface area (Å²) in [6.45, 7) is 1.95. The SMILES string of the molecule is Cc1ccsc1CNS(=O)(=O)c1cccc(N)c1[N+](=O)[O-]. The van der Waals surface area contributed by atoms with Gasteiger partial charge in [0.1, 0.15) is 5.69 Å². The first-order valence-electron chi connectivity index (χ1n) is 5.88. The van der Waals surface area contributed by atoms with Crippen molar-refractivity contribution in [2.45, 2.75) is 18.4 Å². The van der Waals surface area contributed by atoms with Crippen LogP contribution in [-0.2, 0) is 16.6 Å². The lowest BCUT2D eigenvalue weighted by Gasteiger charge is -2.08. The van der Waals surface area contributed by atoms with Gasteiger partial charge in [0.2, 0.25) is 10.0 Å². The van der Waals surface area contributed by atoms with Gasteiger partial charge in [-0.1, -0.05) is 6.07 Å². The van der Waals surface area contributed by atoms with Crippen molar-refractivity contribution in [2.75, 3.05) is 5.73 Å². The topological polar surface area (TPSA) is 115 Å². The second kappa shape index (κ2) is 5.80. The van der Waals surface area contributed by atoms with Crippen molar-refractivity contribution >= 4 is 32.7 Å². The molecule has 0 saturated carbocycles. The summed E-state index contributed by atoms with van der Waals surface area (Å²) >= 11 is 1.41. The van der Waals surface area contributed by atoms with E-state index in [0.717, 1.165) is 16.5 Å². The summed E-state index contributed by atoms with van der Waals surface area (Å²) in [6.07, 6.45) is 0. The number of rotatable bonds is 5. The zero-order valence-corrected chi connectivity index (χ0v) is 12.7. The fourth-order valence-electron chi connectivity index (χ4n) is 1.78. The Labute approximate surface area is 125 Å². The quantitative estimate of drug-likeness (QED) is 0.495. The first-order valence-corrected chi connectivity index (χ1v) is 8.24. The third kappa shape index (κ3) is 3.20. The molecule has 0 fully saturated rings. The smallest absolute Gasteiger partial charge is 0.312 e. The van der Waals surface area contributed by atoms with Crippen molar-refractivity contribution in [3.63, 3.8) is 0 Å². The van der Waals surface area contributed by atoms with Gasteiger partial charge in [-0.05, 0) is 36.1 Å². The molecule has 0 spiro atoms. The van der Waals surface area contributed by atoms with Gasteiger partial charge in [-0.15, -0.1) is 11.3 Å². The van der Waals surface area contributed by atoms with Crippen molar-refractivity contribution in [1.29, 1.82) is 0 Å². The van der Waals surface area contributed by atoms with E-state index >= 15 is 0 Å². The Balaban J connectivity index is 2.34.